The van der Waals surface area contributed by atoms with Crippen molar-refractivity contribution in [2.75, 3.05) is 19.0 Å². The lowest BCUT2D eigenvalue weighted by Crippen LogP contribution is -2.13. The van der Waals surface area contributed by atoms with E-state index in [0.29, 0.717) is 5.92 Å². The van der Waals surface area contributed by atoms with Gasteiger partial charge in [0, 0.05) is 11.2 Å². The summed E-state index contributed by atoms with van der Waals surface area (Å²) in [5.74, 6) is 2.24. The molecule has 0 aliphatic rings. The molecule has 0 fully saturated rings. The lowest BCUT2D eigenvalue weighted by atomic mass is 10.1. The monoisotopic (exact) mass is 314 g/mol. The quantitative estimate of drug-likeness (QED) is 0.660. The predicted molar refractivity (Wildman–Crippen MR) is 80.1 cm³/mol. The Hall–Kier alpha value is -0.700. The third kappa shape index (κ3) is 4.52. The summed E-state index contributed by atoms with van der Waals surface area (Å²) in [4.78, 5) is 0. The molecule has 0 N–H and O–H groups in total. The standard InChI is InChI=1S/C15H23BrO2/c1-4-6-13(10-16)11-18-14-8-7-12(5-2)9-15(14)17-3/h7-9,13H,4-6,10-11H2,1-3H3. The highest BCUT2D eigenvalue weighted by Gasteiger charge is 2.10. The molecule has 0 aliphatic carbocycles. The number of hydrogen-bond acceptors (Lipinski definition) is 2. The van der Waals surface area contributed by atoms with Crippen LogP contribution in [0.1, 0.15) is 32.3 Å². The average molecular weight is 315 g/mol. The fraction of sp³-hybridized carbons (Fsp3) is 0.600. The van der Waals surface area contributed by atoms with Gasteiger partial charge in [-0.25, -0.2) is 0 Å². The maximum absolute atomic E-state index is 5.88. The van der Waals surface area contributed by atoms with Gasteiger partial charge in [-0.2, -0.15) is 0 Å². The molecule has 0 bridgehead atoms. The van der Waals surface area contributed by atoms with Crippen LogP contribution in [0.2, 0.25) is 0 Å². The van der Waals surface area contributed by atoms with E-state index in [4.69, 9.17) is 9.47 Å². The second kappa shape index (κ2) is 8.41. The minimum atomic E-state index is 0.561. The van der Waals surface area contributed by atoms with Crippen LogP contribution in [-0.2, 0) is 6.42 Å². The first-order chi connectivity index (χ1) is 8.74. The number of benzene rings is 1. The molecule has 2 nitrogen and oxygen atoms in total. The van der Waals surface area contributed by atoms with E-state index in [0.717, 1.165) is 29.9 Å². The van der Waals surface area contributed by atoms with Crippen molar-refractivity contribution < 1.29 is 9.47 Å². The van der Waals surface area contributed by atoms with E-state index in [9.17, 15) is 0 Å². The molecule has 18 heavy (non-hydrogen) atoms. The van der Waals surface area contributed by atoms with Crippen LogP contribution in [0, 0.1) is 5.92 Å². The molecule has 1 unspecified atom stereocenters. The van der Waals surface area contributed by atoms with E-state index in [1.165, 1.54) is 18.4 Å². The van der Waals surface area contributed by atoms with Crippen LogP contribution in [-0.4, -0.2) is 19.0 Å². The van der Waals surface area contributed by atoms with E-state index >= 15 is 0 Å². The van der Waals surface area contributed by atoms with Gasteiger partial charge in [0.05, 0.1) is 13.7 Å². The Labute approximate surface area is 119 Å². The van der Waals surface area contributed by atoms with E-state index < -0.39 is 0 Å². The third-order valence-corrected chi connectivity index (χ3v) is 3.94. The maximum Gasteiger partial charge on any atom is 0.161 e. The minimum Gasteiger partial charge on any atom is -0.493 e. The number of ether oxygens (including phenoxy) is 2. The van der Waals surface area contributed by atoms with Gasteiger partial charge in [0.15, 0.2) is 11.5 Å². The third-order valence-electron chi connectivity index (χ3n) is 3.03. The lowest BCUT2D eigenvalue weighted by molar-refractivity contribution is 0.243. The zero-order valence-electron chi connectivity index (χ0n) is 11.5. The first-order valence-electron chi connectivity index (χ1n) is 6.60. The van der Waals surface area contributed by atoms with Crippen LogP contribution in [0.3, 0.4) is 0 Å². The molecule has 1 aromatic carbocycles. The largest absolute Gasteiger partial charge is 0.493 e. The Balaban J connectivity index is 2.65. The topological polar surface area (TPSA) is 18.5 Å². The Morgan fingerprint density at radius 2 is 2.00 bits per heavy atom. The first kappa shape index (κ1) is 15.4. The van der Waals surface area contributed by atoms with Crippen molar-refractivity contribution in [2.45, 2.75) is 33.1 Å². The van der Waals surface area contributed by atoms with Crippen LogP contribution >= 0.6 is 15.9 Å². The highest BCUT2D eigenvalue weighted by Crippen LogP contribution is 2.29. The van der Waals surface area contributed by atoms with Crippen LogP contribution in [0.25, 0.3) is 0 Å². The number of alkyl halides is 1. The number of aryl methyl sites for hydroxylation is 1. The minimum absolute atomic E-state index is 0.561. The Morgan fingerprint density at radius 3 is 2.56 bits per heavy atom. The number of hydrogen-bond donors (Lipinski definition) is 0. The molecule has 1 aromatic rings. The van der Waals surface area contributed by atoms with Crippen molar-refractivity contribution >= 4 is 15.9 Å². The molecule has 1 atom stereocenters. The van der Waals surface area contributed by atoms with Gasteiger partial charge >= 0.3 is 0 Å². The van der Waals surface area contributed by atoms with Gasteiger partial charge in [-0.3, -0.25) is 0 Å². The summed E-state index contributed by atoms with van der Waals surface area (Å²) in [5.41, 5.74) is 1.27. The van der Waals surface area contributed by atoms with Gasteiger partial charge < -0.3 is 9.47 Å². The normalized spacial score (nSPS) is 12.2. The highest BCUT2D eigenvalue weighted by atomic mass is 79.9. The smallest absolute Gasteiger partial charge is 0.161 e. The van der Waals surface area contributed by atoms with Crippen LogP contribution in [0.5, 0.6) is 11.5 Å². The van der Waals surface area contributed by atoms with E-state index in [1.807, 2.05) is 6.07 Å². The van der Waals surface area contributed by atoms with Crippen molar-refractivity contribution in [2.24, 2.45) is 5.92 Å². The molecule has 0 aromatic heterocycles. The van der Waals surface area contributed by atoms with E-state index in [1.54, 1.807) is 7.11 Å². The summed E-state index contributed by atoms with van der Waals surface area (Å²) in [6.07, 6.45) is 3.38. The van der Waals surface area contributed by atoms with E-state index in [-0.39, 0.29) is 0 Å². The molecular formula is C15H23BrO2. The Kier molecular flexibility index (Phi) is 7.18. The van der Waals surface area contributed by atoms with Crippen molar-refractivity contribution in [3.05, 3.63) is 23.8 Å². The Bertz CT molecular complexity index is 352. The van der Waals surface area contributed by atoms with Crippen molar-refractivity contribution in [1.29, 1.82) is 0 Å². The van der Waals surface area contributed by atoms with Crippen LogP contribution in [0.15, 0.2) is 18.2 Å². The van der Waals surface area contributed by atoms with Gasteiger partial charge in [-0.15, -0.1) is 0 Å². The van der Waals surface area contributed by atoms with Gasteiger partial charge in [-0.1, -0.05) is 42.3 Å². The first-order valence-corrected chi connectivity index (χ1v) is 7.72. The summed E-state index contributed by atoms with van der Waals surface area (Å²) in [6.45, 7) is 5.07. The molecule has 0 radical (unpaired) electrons. The molecular weight excluding hydrogens is 292 g/mol. The average Bonchev–Trinajstić information content (AvgIpc) is 2.43. The molecule has 0 aliphatic heterocycles. The fourth-order valence-electron chi connectivity index (χ4n) is 1.87. The number of halogens is 1. The SMILES string of the molecule is CCCC(CBr)COc1ccc(CC)cc1OC. The Morgan fingerprint density at radius 1 is 1.22 bits per heavy atom. The zero-order valence-corrected chi connectivity index (χ0v) is 13.1. The van der Waals surface area contributed by atoms with Gasteiger partial charge in [0.2, 0.25) is 0 Å². The van der Waals surface area contributed by atoms with Gasteiger partial charge in [0.25, 0.3) is 0 Å². The molecule has 1 rings (SSSR count). The highest BCUT2D eigenvalue weighted by molar-refractivity contribution is 9.09. The number of rotatable bonds is 8. The summed E-state index contributed by atoms with van der Waals surface area (Å²) < 4.78 is 11.3. The molecule has 0 spiro atoms. The van der Waals surface area contributed by atoms with Crippen LogP contribution in [0.4, 0.5) is 0 Å². The van der Waals surface area contributed by atoms with Crippen molar-refractivity contribution in [3.8, 4) is 11.5 Å². The molecule has 102 valence electrons. The van der Waals surface area contributed by atoms with Crippen molar-refractivity contribution in [1.82, 2.24) is 0 Å². The predicted octanol–water partition coefficient (Wildman–Crippen LogP) is 4.45. The molecule has 0 saturated carbocycles. The number of methoxy groups -OCH3 is 1. The van der Waals surface area contributed by atoms with Crippen molar-refractivity contribution in [3.63, 3.8) is 0 Å². The lowest BCUT2D eigenvalue weighted by Gasteiger charge is -2.16. The molecule has 0 amide bonds. The van der Waals surface area contributed by atoms with Gasteiger partial charge in [0.1, 0.15) is 0 Å². The summed E-state index contributed by atoms with van der Waals surface area (Å²) >= 11 is 3.54. The summed E-state index contributed by atoms with van der Waals surface area (Å²) in [6, 6.07) is 6.16. The van der Waals surface area contributed by atoms with Crippen LogP contribution < -0.4 is 9.47 Å². The van der Waals surface area contributed by atoms with E-state index in [2.05, 4.69) is 41.9 Å². The van der Waals surface area contributed by atoms with Gasteiger partial charge in [-0.05, 0) is 30.5 Å². The zero-order chi connectivity index (χ0) is 13.4. The molecule has 0 saturated heterocycles. The molecule has 0 heterocycles. The summed E-state index contributed by atoms with van der Waals surface area (Å²) in [5, 5.41) is 0.982. The summed E-state index contributed by atoms with van der Waals surface area (Å²) in [7, 11) is 1.69. The second-order valence-corrected chi connectivity index (χ2v) is 5.11. The second-order valence-electron chi connectivity index (χ2n) is 4.46. The maximum atomic E-state index is 5.88. The molecule has 3 heteroatoms. The fourth-order valence-corrected chi connectivity index (χ4v) is 2.38.